The van der Waals surface area contributed by atoms with E-state index >= 15 is 0 Å². The third-order valence-electron chi connectivity index (χ3n) is 4.67. The molecule has 3 nitrogen and oxygen atoms in total. The summed E-state index contributed by atoms with van der Waals surface area (Å²) in [5.41, 5.74) is 9.67. The summed E-state index contributed by atoms with van der Waals surface area (Å²) in [6.07, 6.45) is 2.59. The second-order valence-corrected chi connectivity index (χ2v) is 5.94. The zero-order chi connectivity index (χ0) is 12.7. The van der Waals surface area contributed by atoms with E-state index in [4.69, 9.17) is 5.73 Å². The monoisotopic (exact) mass is 245 g/mol. The summed E-state index contributed by atoms with van der Waals surface area (Å²) in [7, 11) is 2.24. The Balaban J connectivity index is 1.70. The van der Waals surface area contributed by atoms with E-state index in [2.05, 4.69) is 35.9 Å². The molecule has 2 aliphatic heterocycles. The molecule has 0 aliphatic carbocycles. The Bertz CT molecular complexity index is 443. The third kappa shape index (κ3) is 2.13. The molecule has 1 aromatic carbocycles. The largest absolute Gasteiger partial charge is 0.399 e. The molecule has 2 heterocycles. The van der Waals surface area contributed by atoms with E-state index in [-0.39, 0.29) is 0 Å². The van der Waals surface area contributed by atoms with Crippen LogP contribution in [0.2, 0.25) is 0 Å². The molecular weight excluding hydrogens is 222 g/mol. The van der Waals surface area contributed by atoms with Crippen molar-refractivity contribution in [3.63, 3.8) is 0 Å². The quantitative estimate of drug-likeness (QED) is 0.769. The molecule has 0 radical (unpaired) electrons. The molecule has 0 saturated carbocycles. The molecule has 2 atom stereocenters. The van der Waals surface area contributed by atoms with Gasteiger partial charge in [0.1, 0.15) is 0 Å². The molecule has 18 heavy (non-hydrogen) atoms. The molecule has 0 amide bonds. The number of hydrogen-bond acceptors (Lipinski definition) is 3. The van der Waals surface area contributed by atoms with Crippen molar-refractivity contribution in [1.82, 2.24) is 9.80 Å². The summed E-state index contributed by atoms with van der Waals surface area (Å²) in [6.45, 7) is 5.76. The van der Waals surface area contributed by atoms with E-state index in [0.717, 1.165) is 24.8 Å². The molecule has 1 aromatic rings. The summed E-state index contributed by atoms with van der Waals surface area (Å²) in [5.74, 6) is 0. The highest BCUT2D eigenvalue weighted by Gasteiger charge is 2.30. The van der Waals surface area contributed by atoms with Gasteiger partial charge in [0.15, 0.2) is 0 Å². The maximum Gasteiger partial charge on any atom is 0.0317 e. The molecule has 2 N–H and O–H groups in total. The maximum absolute atomic E-state index is 5.87. The van der Waals surface area contributed by atoms with Gasteiger partial charge in [0.05, 0.1) is 0 Å². The molecule has 1 saturated heterocycles. The highest BCUT2D eigenvalue weighted by atomic mass is 15.2. The van der Waals surface area contributed by atoms with Crippen LogP contribution in [0.1, 0.15) is 30.9 Å². The van der Waals surface area contributed by atoms with Crippen molar-refractivity contribution in [3.05, 3.63) is 29.3 Å². The van der Waals surface area contributed by atoms with E-state index in [1.807, 2.05) is 6.07 Å². The number of anilines is 1. The van der Waals surface area contributed by atoms with Crippen LogP contribution < -0.4 is 5.73 Å². The summed E-state index contributed by atoms with van der Waals surface area (Å²) >= 11 is 0. The Hall–Kier alpha value is -1.06. The van der Waals surface area contributed by atoms with Crippen molar-refractivity contribution in [2.75, 3.05) is 19.3 Å². The molecule has 3 rings (SSSR count). The van der Waals surface area contributed by atoms with Crippen molar-refractivity contribution < 1.29 is 0 Å². The van der Waals surface area contributed by atoms with Gasteiger partial charge in [-0.3, -0.25) is 4.90 Å². The first-order valence-electron chi connectivity index (χ1n) is 6.95. The fraction of sp³-hybridized carbons (Fsp3) is 0.600. The highest BCUT2D eigenvalue weighted by molar-refractivity contribution is 5.46. The highest BCUT2D eigenvalue weighted by Crippen LogP contribution is 2.30. The van der Waals surface area contributed by atoms with Crippen molar-refractivity contribution in [3.8, 4) is 0 Å². The Morgan fingerprint density at radius 1 is 1.22 bits per heavy atom. The average molecular weight is 245 g/mol. The molecule has 98 valence electrons. The van der Waals surface area contributed by atoms with Crippen LogP contribution in [0.3, 0.4) is 0 Å². The number of likely N-dealkylation sites (tertiary alicyclic amines) is 1. The number of fused-ring (bicyclic) bond motifs is 1. The Labute approximate surface area is 110 Å². The summed E-state index contributed by atoms with van der Waals surface area (Å²) in [4.78, 5) is 5.10. The van der Waals surface area contributed by atoms with Crippen LogP contribution >= 0.6 is 0 Å². The van der Waals surface area contributed by atoms with Crippen LogP contribution in [-0.4, -0.2) is 35.5 Å². The standard InChI is InChI=1S/C15H23N3/c1-11-7-15(5-6-17(11)2)18-9-12-3-4-14(16)8-13(12)10-18/h3-4,8,11,15H,5-7,9-10,16H2,1-2H3. The fourth-order valence-electron chi connectivity index (χ4n) is 3.30. The number of benzene rings is 1. The van der Waals surface area contributed by atoms with Gasteiger partial charge in [-0.2, -0.15) is 0 Å². The number of hydrogen-bond donors (Lipinski definition) is 1. The zero-order valence-corrected chi connectivity index (χ0v) is 11.4. The topological polar surface area (TPSA) is 32.5 Å². The van der Waals surface area contributed by atoms with E-state index in [1.54, 1.807) is 0 Å². The van der Waals surface area contributed by atoms with Crippen LogP contribution in [0.5, 0.6) is 0 Å². The average Bonchev–Trinajstić information content (AvgIpc) is 2.75. The molecule has 0 aromatic heterocycles. The van der Waals surface area contributed by atoms with Gasteiger partial charge in [0.25, 0.3) is 0 Å². The molecular formula is C15H23N3. The maximum atomic E-state index is 5.87. The van der Waals surface area contributed by atoms with Gasteiger partial charge in [0.2, 0.25) is 0 Å². The minimum atomic E-state index is 0.706. The minimum Gasteiger partial charge on any atom is -0.399 e. The van der Waals surface area contributed by atoms with Crippen LogP contribution in [0.4, 0.5) is 5.69 Å². The fourth-order valence-corrected chi connectivity index (χ4v) is 3.30. The summed E-state index contributed by atoms with van der Waals surface area (Å²) in [5, 5.41) is 0. The predicted molar refractivity (Wildman–Crippen MR) is 75.2 cm³/mol. The lowest BCUT2D eigenvalue weighted by Gasteiger charge is -2.39. The van der Waals surface area contributed by atoms with E-state index < -0.39 is 0 Å². The lowest BCUT2D eigenvalue weighted by molar-refractivity contribution is 0.0863. The molecule has 0 spiro atoms. The molecule has 2 unspecified atom stereocenters. The SMILES string of the molecule is CC1CC(N2Cc3ccc(N)cc3C2)CCN1C. The Kier molecular flexibility index (Phi) is 3.04. The van der Waals surface area contributed by atoms with Crippen LogP contribution in [-0.2, 0) is 13.1 Å². The molecule has 1 fully saturated rings. The molecule has 2 aliphatic rings. The van der Waals surface area contributed by atoms with Crippen LogP contribution in [0.15, 0.2) is 18.2 Å². The smallest absolute Gasteiger partial charge is 0.0317 e. The number of rotatable bonds is 1. The van der Waals surface area contributed by atoms with Crippen LogP contribution in [0.25, 0.3) is 0 Å². The lowest BCUT2D eigenvalue weighted by Crippen LogP contribution is -2.45. The lowest BCUT2D eigenvalue weighted by atomic mass is 9.98. The third-order valence-corrected chi connectivity index (χ3v) is 4.67. The van der Waals surface area contributed by atoms with Crippen LogP contribution in [0, 0.1) is 0 Å². The Morgan fingerprint density at radius 2 is 2.00 bits per heavy atom. The van der Waals surface area contributed by atoms with Gasteiger partial charge >= 0.3 is 0 Å². The number of nitrogens with two attached hydrogens (primary N) is 1. The minimum absolute atomic E-state index is 0.706. The van der Waals surface area contributed by atoms with Crippen molar-refractivity contribution >= 4 is 5.69 Å². The first-order valence-corrected chi connectivity index (χ1v) is 6.95. The van der Waals surface area contributed by atoms with Crippen molar-refractivity contribution in [2.45, 2.75) is 44.9 Å². The number of piperidine rings is 1. The second kappa shape index (κ2) is 4.56. The molecule has 0 bridgehead atoms. The second-order valence-electron chi connectivity index (χ2n) is 5.94. The van der Waals surface area contributed by atoms with Gasteiger partial charge in [-0.05, 0) is 56.6 Å². The van der Waals surface area contributed by atoms with E-state index in [1.165, 1.54) is 30.5 Å². The number of nitrogens with zero attached hydrogens (tertiary/aromatic N) is 2. The van der Waals surface area contributed by atoms with Gasteiger partial charge < -0.3 is 10.6 Å². The van der Waals surface area contributed by atoms with Gasteiger partial charge in [-0.15, -0.1) is 0 Å². The zero-order valence-electron chi connectivity index (χ0n) is 11.4. The Morgan fingerprint density at radius 3 is 2.78 bits per heavy atom. The summed E-state index contributed by atoms with van der Waals surface area (Å²) < 4.78 is 0. The first kappa shape index (κ1) is 12.0. The van der Waals surface area contributed by atoms with Gasteiger partial charge in [0, 0.05) is 30.9 Å². The normalized spacial score (nSPS) is 29.4. The van der Waals surface area contributed by atoms with Gasteiger partial charge in [-0.1, -0.05) is 6.07 Å². The van der Waals surface area contributed by atoms with Gasteiger partial charge in [-0.25, -0.2) is 0 Å². The first-order chi connectivity index (χ1) is 8.63. The number of nitrogen functional groups attached to an aromatic ring is 1. The summed E-state index contributed by atoms with van der Waals surface area (Å²) in [6, 6.07) is 7.82. The predicted octanol–water partition coefficient (Wildman–Crippen LogP) is 2.07. The van der Waals surface area contributed by atoms with E-state index in [9.17, 15) is 0 Å². The van der Waals surface area contributed by atoms with Crippen molar-refractivity contribution in [1.29, 1.82) is 0 Å². The molecule has 3 heteroatoms. The van der Waals surface area contributed by atoms with Crippen molar-refractivity contribution in [2.24, 2.45) is 0 Å². The van der Waals surface area contributed by atoms with E-state index in [0.29, 0.717) is 6.04 Å².